The normalized spacial score (nSPS) is 12.1. The molecule has 0 fully saturated rings. The van der Waals surface area contributed by atoms with E-state index in [1.54, 1.807) is 18.3 Å². The summed E-state index contributed by atoms with van der Waals surface area (Å²) in [6.45, 7) is 6.98. The summed E-state index contributed by atoms with van der Waals surface area (Å²) in [6.07, 6.45) is 0. The fourth-order valence-electron chi connectivity index (χ4n) is 2.25. The highest BCUT2D eigenvalue weighted by Gasteiger charge is 2.12. The Morgan fingerprint density at radius 3 is 2.59 bits per heavy atom. The van der Waals surface area contributed by atoms with Crippen LogP contribution in [0.4, 0.5) is 10.1 Å². The first-order valence-corrected chi connectivity index (χ1v) is 11.2. The molecule has 9 heteroatoms. The molecule has 2 rings (SSSR count). The number of nitrogens with one attached hydrogen (secondary N) is 3. The maximum Gasteiger partial charge on any atom is 0.234 e. The van der Waals surface area contributed by atoms with Crippen LogP contribution in [0.15, 0.2) is 34.6 Å². The summed E-state index contributed by atoms with van der Waals surface area (Å²) < 4.78 is 40.3. The number of sulfonamides is 1. The van der Waals surface area contributed by atoms with E-state index in [1.807, 2.05) is 25.3 Å². The molecule has 0 aliphatic carbocycles. The van der Waals surface area contributed by atoms with Crippen LogP contribution in [0.1, 0.15) is 22.9 Å². The van der Waals surface area contributed by atoms with Crippen LogP contribution in [0.5, 0.6) is 0 Å². The molecule has 1 aromatic heterocycles. The lowest BCUT2D eigenvalue weighted by atomic mass is 10.2. The molecular weight excluding hydrogens is 387 g/mol. The Labute approximate surface area is 164 Å². The van der Waals surface area contributed by atoms with Crippen LogP contribution in [0.2, 0.25) is 0 Å². The van der Waals surface area contributed by atoms with Crippen LogP contribution >= 0.6 is 11.3 Å². The first kappa shape index (κ1) is 21.2. The summed E-state index contributed by atoms with van der Waals surface area (Å²) in [5.41, 5.74) is 1.87. The topological polar surface area (TPSA) is 82.6 Å². The Morgan fingerprint density at radius 2 is 1.96 bits per heavy atom. The van der Waals surface area contributed by atoms with Crippen molar-refractivity contribution in [3.05, 3.63) is 51.5 Å². The highest BCUT2D eigenvalue weighted by Crippen LogP contribution is 2.16. The highest BCUT2D eigenvalue weighted by molar-refractivity contribution is 7.92. The van der Waals surface area contributed by atoms with Gasteiger partial charge in [-0.1, -0.05) is 6.07 Å². The summed E-state index contributed by atoms with van der Waals surface area (Å²) in [6, 6.07) is 6.30. The van der Waals surface area contributed by atoms with Crippen LogP contribution in [-0.4, -0.2) is 33.2 Å². The molecule has 6 nitrogen and oxygen atoms in total. The van der Waals surface area contributed by atoms with Crippen molar-refractivity contribution < 1.29 is 12.8 Å². The molecule has 0 aliphatic heterocycles. The number of thiophene rings is 1. The van der Waals surface area contributed by atoms with E-state index < -0.39 is 15.8 Å². The number of benzene rings is 1. The van der Waals surface area contributed by atoms with Gasteiger partial charge in [0.05, 0.1) is 18.0 Å². The summed E-state index contributed by atoms with van der Waals surface area (Å²) in [4.78, 5) is 5.65. The molecule has 1 aromatic carbocycles. The zero-order chi connectivity index (χ0) is 19.9. The lowest BCUT2D eigenvalue weighted by Gasteiger charge is -2.12. The molecule has 0 amide bonds. The predicted molar refractivity (Wildman–Crippen MR) is 110 cm³/mol. The van der Waals surface area contributed by atoms with Crippen LogP contribution in [0, 0.1) is 19.7 Å². The number of halogens is 1. The van der Waals surface area contributed by atoms with Crippen molar-refractivity contribution in [2.24, 2.45) is 4.99 Å². The molecule has 0 saturated carbocycles. The van der Waals surface area contributed by atoms with Gasteiger partial charge in [-0.3, -0.25) is 4.72 Å². The summed E-state index contributed by atoms with van der Waals surface area (Å²) >= 11 is 1.64. The smallest absolute Gasteiger partial charge is 0.234 e. The van der Waals surface area contributed by atoms with Crippen molar-refractivity contribution in [2.75, 3.05) is 23.6 Å². The number of guanidine groups is 1. The molecule has 0 bridgehead atoms. The first-order valence-electron chi connectivity index (χ1n) is 8.62. The van der Waals surface area contributed by atoms with Gasteiger partial charge in [-0.15, -0.1) is 11.3 Å². The van der Waals surface area contributed by atoms with E-state index in [4.69, 9.17) is 0 Å². The Morgan fingerprint density at radius 1 is 1.19 bits per heavy atom. The molecule has 0 saturated heterocycles. The lowest BCUT2D eigenvalue weighted by molar-refractivity contribution is 0.599. The van der Waals surface area contributed by atoms with Crippen LogP contribution in [0.3, 0.4) is 0 Å². The van der Waals surface area contributed by atoms with Gasteiger partial charge in [-0.2, -0.15) is 0 Å². The second-order valence-corrected chi connectivity index (χ2v) is 8.88. The predicted octanol–water partition coefficient (Wildman–Crippen LogP) is 3.00. The van der Waals surface area contributed by atoms with Crippen LogP contribution in [-0.2, 0) is 16.6 Å². The number of aliphatic imine (C=N–C) groups is 1. The fraction of sp³-hybridized carbons (Fsp3) is 0.389. The van der Waals surface area contributed by atoms with Gasteiger partial charge in [-0.25, -0.2) is 17.8 Å². The zero-order valence-corrected chi connectivity index (χ0v) is 17.3. The number of hydrogen-bond donors (Lipinski definition) is 3. The van der Waals surface area contributed by atoms with Crippen molar-refractivity contribution in [2.45, 2.75) is 27.3 Å². The average molecular weight is 413 g/mol. The third-order valence-corrected chi connectivity index (χ3v) is 6.10. The van der Waals surface area contributed by atoms with E-state index in [2.05, 4.69) is 20.3 Å². The second-order valence-electron chi connectivity index (χ2n) is 6.03. The van der Waals surface area contributed by atoms with Gasteiger partial charge in [-0.05, 0) is 55.5 Å². The number of rotatable bonds is 8. The third-order valence-electron chi connectivity index (χ3n) is 3.80. The van der Waals surface area contributed by atoms with Crippen molar-refractivity contribution in [1.29, 1.82) is 0 Å². The van der Waals surface area contributed by atoms with Crippen molar-refractivity contribution in [1.82, 2.24) is 10.6 Å². The molecule has 0 radical (unpaired) electrons. The number of hydrogen-bond acceptors (Lipinski definition) is 4. The SMILES string of the molecule is CCNC(=NCc1sccc1C)NCCS(=O)(=O)Nc1ccc(C)c(F)c1. The second kappa shape index (κ2) is 9.70. The van der Waals surface area contributed by atoms with Gasteiger partial charge in [0.15, 0.2) is 5.96 Å². The maximum absolute atomic E-state index is 13.6. The molecule has 27 heavy (non-hydrogen) atoms. The fourth-order valence-corrected chi connectivity index (χ4v) is 4.04. The molecule has 0 atom stereocenters. The van der Waals surface area contributed by atoms with Gasteiger partial charge >= 0.3 is 0 Å². The summed E-state index contributed by atoms with van der Waals surface area (Å²) in [5.74, 6) is -0.0501. The maximum atomic E-state index is 13.6. The largest absolute Gasteiger partial charge is 0.357 e. The number of nitrogens with zero attached hydrogens (tertiary/aromatic N) is 1. The Bertz CT molecular complexity index is 895. The van der Waals surface area contributed by atoms with E-state index >= 15 is 0 Å². The quantitative estimate of drug-likeness (QED) is 0.460. The van der Waals surface area contributed by atoms with E-state index in [0.29, 0.717) is 24.6 Å². The van der Waals surface area contributed by atoms with Gasteiger partial charge in [0.1, 0.15) is 5.82 Å². The van der Waals surface area contributed by atoms with E-state index in [-0.39, 0.29) is 18.0 Å². The average Bonchev–Trinajstić information content (AvgIpc) is 3.00. The third kappa shape index (κ3) is 6.84. The Hall–Kier alpha value is -2.13. The van der Waals surface area contributed by atoms with Gasteiger partial charge < -0.3 is 10.6 Å². The van der Waals surface area contributed by atoms with E-state index in [9.17, 15) is 12.8 Å². The highest BCUT2D eigenvalue weighted by atomic mass is 32.2. The number of aryl methyl sites for hydroxylation is 2. The van der Waals surface area contributed by atoms with Gasteiger partial charge in [0, 0.05) is 18.0 Å². The van der Waals surface area contributed by atoms with Crippen molar-refractivity contribution >= 4 is 33.0 Å². The Kier molecular flexibility index (Phi) is 7.61. The first-order chi connectivity index (χ1) is 12.8. The minimum Gasteiger partial charge on any atom is -0.357 e. The van der Waals surface area contributed by atoms with Crippen LogP contribution < -0.4 is 15.4 Å². The Balaban J connectivity index is 1.90. The monoisotopic (exact) mass is 412 g/mol. The molecule has 148 valence electrons. The molecule has 3 N–H and O–H groups in total. The lowest BCUT2D eigenvalue weighted by Crippen LogP contribution is -2.40. The van der Waals surface area contributed by atoms with E-state index in [1.165, 1.54) is 28.6 Å². The minimum atomic E-state index is -3.60. The molecular formula is C18H25FN4O2S2. The molecule has 0 unspecified atom stereocenters. The molecule has 0 aliphatic rings. The minimum absolute atomic E-state index is 0.162. The molecule has 2 aromatic rings. The molecule has 0 spiro atoms. The van der Waals surface area contributed by atoms with Gasteiger partial charge in [0.2, 0.25) is 10.0 Å². The molecule has 1 heterocycles. The summed E-state index contributed by atoms with van der Waals surface area (Å²) in [5, 5.41) is 8.13. The number of anilines is 1. The van der Waals surface area contributed by atoms with Crippen molar-refractivity contribution in [3.63, 3.8) is 0 Å². The standard InChI is InChI=1S/C18H25FN4O2S2/c1-4-20-18(22-12-17-14(3)7-9-26-17)21-8-10-27(24,25)23-15-6-5-13(2)16(19)11-15/h5-7,9,11,23H,4,8,10,12H2,1-3H3,(H2,20,21,22). The van der Waals surface area contributed by atoms with E-state index in [0.717, 1.165) is 0 Å². The van der Waals surface area contributed by atoms with Crippen LogP contribution in [0.25, 0.3) is 0 Å². The van der Waals surface area contributed by atoms with Crippen molar-refractivity contribution in [3.8, 4) is 0 Å². The van der Waals surface area contributed by atoms with Gasteiger partial charge in [0.25, 0.3) is 0 Å². The summed E-state index contributed by atoms with van der Waals surface area (Å²) in [7, 11) is -3.60. The zero-order valence-electron chi connectivity index (χ0n) is 15.7.